The third-order valence-electron chi connectivity index (χ3n) is 5.07. The van der Waals surface area contributed by atoms with Crippen LogP contribution in [0.2, 0.25) is 5.02 Å². The zero-order valence-corrected chi connectivity index (χ0v) is 17.2. The van der Waals surface area contributed by atoms with Gasteiger partial charge in [-0.1, -0.05) is 23.7 Å². The summed E-state index contributed by atoms with van der Waals surface area (Å²) in [6.07, 6.45) is 7.19. The van der Waals surface area contributed by atoms with Gasteiger partial charge in [0.1, 0.15) is 5.03 Å². The van der Waals surface area contributed by atoms with Crippen molar-refractivity contribution in [2.45, 2.75) is 24.3 Å². The molecule has 6 heteroatoms. The summed E-state index contributed by atoms with van der Waals surface area (Å²) in [5, 5.41) is 4.60. The number of thioether (sulfide) groups is 1. The van der Waals surface area contributed by atoms with Crippen LogP contribution in [0.1, 0.15) is 28.8 Å². The Morgan fingerprint density at radius 2 is 2.00 bits per heavy atom. The van der Waals surface area contributed by atoms with E-state index in [4.69, 9.17) is 11.6 Å². The first-order chi connectivity index (χ1) is 13.2. The Labute approximate surface area is 170 Å². The minimum absolute atomic E-state index is 0.0370. The van der Waals surface area contributed by atoms with Gasteiger partial charge in [0.15, 0.2) is 0 Å². The van der Waals surface area contributed by atoms with Gasteiger partial charge in [-0.05, 0) is 74.4 Å². The fourth-order valence-corrected chi connectivity index (χ4v) is 4.19. The minimum Gasteiger partial charge on any atom is -0.351 e. The van der Waals surface area contributed by atoms with Crippen molar-refractivity contribution in [2.24, 2.45) is 5.92 Å². The second kappa shape index (κ2) is 10.1. The lowest BCUT2D eigenvalue weighted by molar-refractivity contribution is 0.0940. The van der Waals surface area contributed by atoms with Crippen molar-refractivity contribution < 1.29 is 4.79 Å². The van der Waals surface area contributed by atoms with E-state index in [1.165, 1.54) is 30.2 Å². The minimum atomic E-state index is -0.0370. The van der Waals surface area contributed by atoms with Crippen LogP contribution < -0.4 is 5.32 Å². The molecule has 144 valence electrons. The number of nitrogens with one attached hydrogen (secondary N) is 1. The maximum Gasteiger partial charge on any atom is 0.254 e. The summed E-state index contributed by atoms with van der Waals surface area (Å²) in [6.45, 7) is 3.76. The van der Waals surface area contributed by atoms with Gasteiger partial charge >= 0.3 is 0 Å². The van der Waals surface area contributed by atoms with Gasteiger partial charge in [0.05, 0.1) is 5.56 Å². The molecule has 27 heavy (non-hydrogen) atoms. The lowest BCUT2D eigenvalue weighted by Crippen LogP contribution is -2.40. The highest BCUT2D eigenvalue weighted by Gasteiger charge is 2.19. The molecule has 0 atom stereocenters. The van der Waals surface area contributed by atoms with E-state index in [-0.39, 0.29) is 5.91 Å². The van der Waals surface area contributed by atoms with Crippen LogP contribution in [-0.4, -0.2) is 48.2 Å². The topological polar surface area (TPSA) is 45.2 Å². The molecule has 0 spiro atoms. The van der Waals surface area contributed by atoms with Crippen molar-refractivity contribution in [1.82, 2.24) is 15.2 Å². The zero-order chi connectivity index (χ0) is 19.1. The highest BCUT2D eigenvalue weighted by Crippen LogP contribution is 2.22. The third-order valence-corrected chi connectivity index (χ3v) is 6.03. The summed E-state index contributed by atoms with van der Waals surface area (Å²) in [4.78, 5) is 19.0. The molecule has 2 aromatic rings. The maximum atomic E-state index is 12.4. The summed E-state index contributed by atoms with van der Waals surface area (Å²) in [5.74, 6) is 0.696. The van der Waals surface area contributed by atoms with E-state index in [0.29, 0.717) is 12.1 Å². The number of carbonyl (C=O) groups is 1. The molecule has 1 fully saturated rings. The number of likely N-dealkylation sites (tertiary alicyclic amines) is 1. The van der Waals surface area contributed by atoms with Crippen LogP contribution in [-0.2, 0) is 6.42 Å². The van der Waals surface area contributed by atoms with Crippen LogP contribution in [0.4, 0.5) is 0 Å². The van der Waals surface area contributed by atoms with E-state index >= 15 is 0 Å². The first-order valence-electron chi connectivity index (χ1n) is 9.39. The normalized spacial score (nSPS) is 15.6. The van der Waals surface area contributed by atoms with Gasteiger partial charge in [-0.2, -0.15) is 0 Å². The number of pyridine rings is 1. The summed E-state index contributed by atoms with van der Waals surface area (Å²) < 4.78 is 0. The number of aromatic nitrogens is 1. The predicted molar refractivity (Wildman–Crippen MR) is 113 cm³/mol. The molecular formula is C21H26ClN3OS. The Balaban J connectivity index is 1.38. The number of amides is 1. The molecule has 1 saturated heterocycles. The molecule has 0 saturated carbocycles. The standard InChI is InChI=1S/C21H26ClN3OS/c1-27-21-19(3-2-10-24-21)20(26)23-11-14-25-12-8-17(9-13-25)15-16-4-6-18(22)7-5-16/h2-7,10,17H,8-9,11-15H2,1H3,(H,23,26). The maximum absolute atomic E-state index is 12.4. The van der Waals surface area contributed by atoms with Crippen molar-refractivity contribution in [3.05, 3.63) is 58.7 Å². The number of hydrogen-bond donors (Lipinski definition) is 1. The largest absolute Gasteiger partial charge is 0.351 e. The highest BCUT2D eigenvalue weighted by atomic mass is 35.5. The number of halogens is 1. The Morgan fingerprint density at radius 1 is 1.26 bits per heavy atom. The number of benzene rings is 1. The first kappa shape index (κ1) is 20.2. The molecule has 1 N–H and O–H groups in total. The Bertz CT molecular complexity index is 745. The van der Waals surface area contributed by atoms with E-state index in [2.05, 4.69) is 27.3 Å². The molecule has 4 nitrogen and oxygen atoms in total. The van der Waals surface area contributed by atoms with Gasteiger partial charge in [0.25, 0.3) is 5.91 Å². The second-order valence-corrected chi connectivity index (χ2v) is 8.16. The SMILES string of the molecule is CSc1ncccc1C(=O)NCCN1CCC(Cc2ccc(Cl)cc2)CC1. The lowest BCUT2D eigenvalue weighted by Gasteiger charge is -2.32. The Morgan fingerprint density at radius 3 is 2.70 bits per heavy atom. The number of piperidine rings is 1. The van der Waals surface area contributed by atoms with Crippen LogP contribution in [0, 0.1) is 5.92 Å². The van der Waals surface area contributed by atoms with Gasteiger partial charge in [-0.3, -0.25) is 4.79 Å². The lowest BCUT2D eigenvalue weighted by atomic mass is 9.90. The van der Waals surface area contributed by atoms with E-state index in [0.717, 1.165) is 42.0 Å². The van der Waals surface area contributed by atoms with Crippen LogP contribution >= 0.6 is 23.4 Å². The molecule has 0 radical (unpaired) electrons. The molecule has 0 aliphatic carbocycles. The summed E-state index contributed by atoms with van der Waals surface area (Å²) in [6, 6.07) is 11.8. The van der Waals surface area contributed by atoms with E-state index in [9.17, 15) is 4.79 Å². The highest BCUT2D eigenvalue weighted by molar-refractivity contribution is 7.98. The number of nitrogens with zero attached hydrogens (tertiary/aromatic N) is 2. The van der Waals surface area contributed by atoms with Gasteiger partial charge in [-0.15, -0.1) is 11.8 Å². The first-order valence-corrected chi connectivity index (χ1v) is 11.0. The van der Waals surface area contributed by atoms with Crippen molar-refractivity contribution >= 4 is 29.3 Å². The van der Waals surface area contributed by atoms with Crippen molar-refractivity contribution in [2.75, 3.05) is 32.4 Å². The Kier molecular flexibility index (Phi) is 7.56. The smallest absolute Gasteiger partial charge is 0.254 e. The molecule has 1 aliphatic rings. The molecule has 3 rings (SSSR count). The number of hydrogen-bond acceptors (Lipinski definition) is 4. The molecule has 1 aliphatic heterocycles. The van der Waals surface area contributed by atoms with Crippen molar-refractivity contribution in [1.29, 1.82) is 0 Å². The molecular weight excluding hydrogens is 378 g/mol. The molecule has 0 unspecified atom stereocenters. The van der Waals surface area contributed by atoms with Gasteiger partial charge in [-0.25, -0.2) is 4.98 Å². The van der Waals surface area contributed by atoms with E-state index < -0.39 is 0 Å². The van der Waals surface area contributed by atoms with E-state index in [1.54, 1.807) is 12.3 Å². The monoisotopic (exact) mass is 403 g/mol. The number of rotatable bonds is 7. The molecule has 0 bridgehead atoms. The molecule has 1 amide bonds. The average molecular weight is 404 g/mol. The number of carbonyl (C=O) groups excluding carboxylic acids is 1. The molecule has 1 aromatic carbocycles. The van der Waals surface area contributed by atoms with Crippen LogP contribution in [0.5, 0.6) is 0 Å². The molecule has 2 heterocycles. The third kappa shape index (κ3) is 5.96. The van der Waals surface area contributed by atoms with Crippen molar-refractivity contribution in [3.8, 4) is 0 Å². The van der Waals surface area contributed by atoms with Crippen molar-refractivity contribution in [3.63, 3.8) is 0 Å². The van der Waals surface area contributed by atoms with Gasteiger partial charge < -0.3 is 10.2 Å². The quantitative estimate of drug-likeness (QED) is 0.705. The van der Waals surface area contributed by atoms with Gasteiger partial charge in [0, 0.05) is 24.3 Å². The zero-order valence-electron chi connectivity index (χ0n) is 15.7. The fraction of sp³-hybridized carbons (Fsp3) is 0.429. The summed E-state index contributed by atoms with van der Waals surface area (Å²) in [7, 11) is 0. The van der Waals surface area contributed by atoms with Crippen LogP contribution in [0.25, 0.3) is 0 Å². The second-order valence-electron chi connectivity index (χ2n) is 6.93. The fourth-order valence-electron chi connectivity index (χ4n) is 3.52. The summed E-state index contributed by atoms with van der Waals surface area (Å²) >= 11 is 7.46. The molecule has 1 aromatic heterocycles. The van der Waals surface area contributed by atoms with Gasteiger partial charge in [0.2, 0.25) is 0 Å². The van der Waals surface area contributed by atoms with E-state index in [1.807, 2.05) is 24.5 Å². The van der Waals surface area contributed by atoms with Crippen LogP contribution in [0.3, 0.4) is 0 Å². The summed E-state index contributed by atoms with van der Waals surface area (Å²) in [5.41, 5.74) is 2.03. The van der Waals surface area contributed by atoms with Crippen LogP contribution in [0.15, 0.2) is 47.6 Å². The predicted octanol–water partition coefficient (Wildman–Crippen LogP) is 4.14. The average Bonchev–Trinajstić information content (AvgIpc) is 2.71. The Hall–Kier alpha value is -1.56.